The number of likely N-dealkylation sites (N-methyl/N-ethyl adjacent to an activating group) is 1. The normalized spacial score (nSPS) is 15.6. The highest BCUT2D eigenvalue weighted by molar-refractivity contribution is 5.82. The number of carbonyl (C=O) groups is 2. The van der Waals surface area contributed by atoms with Gasteiger partial charge in [0.15, 0.2) is 0 Å². The number of rotatable bonds is 5. The van der Waals surface area contributed by atoms with Gasteiger partial charge in [0, 0.05) is 13.0 Å². The molecule has 0 heterocycles. The van der Waals surface area contributed by atoms with E-state index in [0.29, 0.717) is 18.9 Å². The van der Waals surface area contributed by atoms with Gasteiger partial charge in [-0.2, -0.15) is 0 Å². The molecule has 1 saturated carbocycles. The van der Waals surface area contributed by atoms with Gasteiger partial charge in [0.1, 0.15) is 6.54 Å². The van der Waals surface area contributed by atoms with Gasteiger partial charge in [-0.05, 0) is 25.7 Å². The van der Waals surface area contributed by atoms with Crippen LogP contribution in [0, 0.1) is 5.92 Å². The van der Waals surface area contributed by atoms with Crippen molar-refractivity contribution in [3.63, 3.8) is 0 Å². The zero-order chi connectivity index (χ0) is 11.3. The van der Waals surface area contributed by atoms with Gasteiger partial charge in [-0.3, -0.25) is 9.59 Å². The molecule has 0 aromatic carbocycles. The van der Waals surface area contributed by atoms with Gasteiger partial charge in [-0.15, -0.1) is 0 Å². The van der Waals surface area contributed by atoms with Crippen LogP contribution in [0.15, 0.2) is 0 Å². The lowest BCUT2D eigenvalue weighted by molar-refractivity contribution is -0.147. The molecule has 0 spiro atoms. The molecule has 4 nitrogen and oxygen atoms in total. The largest absolute Gasteiger partial charge is 0.468 e. The van der Waals surface area contributed by atoms with Gasteiger partial charge in [-0.1, -0.05) is 6.42 Å². The van der Waals surface area contributed by atoms with E-state index >= 15 is 0 Å². The molecule has 0 radical (unpaired) electrons. The second kappa shape index (κ2) is 5.73. The van der Waals surface area contributed by atoms with Crippen molar-refractivity contribution in [1.29, 1.82) is 0 Å². The van der Waals surface area contributed by atoms with E-state index < -0.39 is 0 Å². The van der Waals surface area contributed by atoms with Crippen molar-refractivity contribution < 1.29 is 14.3 Å². The van der Waals surface area contributed by atoms with Crippen LogP contribution in [0.2, 0.25) is 0 Å². The molecule has 0 bridgehead atoms. The van der Waals surface area contributed by atoms with Crippen molar-refractivity contribution in [3.8, 4) is 0 Å². The molecule has 0 saturated heterocycles. The minimum atomic E-state index is -0.348. The summed E-state index contributed by atoms with van der Waals surface area (Å²) in [5, 5.41) is 0. The maximum atomic E-state index is 11.7. The van der Waals surface area contributed by atoms with Crippen molar-refractivity contribution in [1.82, 2.24) is 4.90 Å². The summed E-state index contributed by atoms with van der Waals surface area (Å²) in [5.74, 6) is 0.274. The standard InChI is InChI=1S/C11H19NO3/c1-3-12(8-11(14)15-2)10(13)7-9-5-4-6-9/h9H,3-8H2,1-2H3. The number of hydrogen-bond acceptors (Lipinski definition) is 3. The van der Waals surface area contributed by atoms with E-state index in [1.165, 1.54) is 13.5 Å². The minimum absolute atomic E-state index is 0.0765. The summed E-state index contributed by atoms with van der Waals surface area (Å²) in [6.45, 7) is 2.53. The fourth-order valence-corrected chi connectivity index (χ4v) is 1.67. The monoisotopic (exact) mass is 213 g/mol. The second-order valence-electron chi connectivity index (χ2n) is 3.99. The van der Waals surface area contributed by atoms with Crippen molar-refractivity contribution in [2.45, 2.75) is 32.6 Å². The Labute approximate surface area is 90.6 Å². The Bertz CT molecular complexity index is 236. The SMILES string of the molecule is CCN(CC(=O)OC)C(=O)CC1CCC1. The zero-order valence-electron chi connectivity index (χ0n) is 9.49. The number of esters is 1. The van der Waals surface area contributed by atoms with E-state index in [1.54, 1.807) is 4.90 Å². The second-order valence-corrected chi connectivity index (χ2v) is 3.99. The number of hydrogen-bond donors (Lipinski definition) is 0. The van der Waals surface area contributed by atoms with Crippen LogP contribution < -0.4 is 0 Å². The smallest absolute Gasteiger partial charge is 0.325 e. The molecule has 0 aliphatic heterocycles. The van der Waals surface area contributed by atoms with Crippen LogP contribution >= 0.6 is 0 Å². The summed E-state index contributed by atoms with van der Waals surface area (Å²) < 4.78 is 4.55. The molecule has 0 aromatic heterocycles. The van der Waals surface area contributed by atoms with E-state index in [1.807, 2.05) is 6.92 Å². The van der Waals surface area contributed by atoms with Gasteiger partial charge < -0.3 is 9.64 Å². The van der Waals surface area contributed by atoms with E-state index in [4.69, 9.17) is 0 Å². The van der Waals surface area contributed by atoms with Crippen LogP contribution in [0.1, 0.15) is 32.6 Å². The van der Waals surface area contributed by atoms with E-state index in [-0.39, 0.29) is 18.4 Å². The van der Waals surface area contributed by atoms with E-state index in [2.05, 4.69) is 4.74 Å². The molecule has 1 aliphatic rings. The third-order valence-electron chi connectivity index (χ3n) is 2.97. The van der Waals surface area contributed by atoms with Crippen molar-refractivity contribution >= 4 is 11.9 Å². The molecule has 4 heteroatoms. The van der Waals surface area contributed by atoms with Crippen LogP contribution in [-0.4, -0.2) is 37.0 Å². The quantitative estimate of drug-likeness (QED) is 0.645. The maximum Gasteiger partial charge on any atom is 0.325 e. The molecule has 1 rings (SSSR count). The highest BCUT2D eigenvalue weighted by atomic mass is 16.5. The first-order chi connectivity index (χ1) is 7.17. The third-order valence-corrected chi connectivity index (χ3v) is 2.97. The number of methoxy groups -OCH3 is 1. The highest BCUT2D eigenvalue weighted by Crippen LogP contribution is 2.29. The summed E-state index contributed by atoms with van der Waals surface area (Å²) in [7, 11) is 1.34. The average Bonchev–Trinajstić information content (AvgIpc) is 2.19. The van der Waals surface area contributed by atoms with Crippen molar-refractivity contribution in [3.05, 3.63) is 0 Å². The molecule has 86 valence electrons. The first kappa shape index (κ1) is 12.0. The molecule has 1 aliphatic carbocycles. The summed E-state index contributed by atoms with van der Waals surface area (Å²) in [6, 6.07) is 0. The van der Waals surface area contributed by atoms with Crippen LogP contribution in [0.4, 0.5) is 0 Å². The zero-order valence-corrected chi connectivity index (χ0v) is 9.49. The lowest BCUT2D eigenvalue weighted by atomic mass is 9.82. The molecular weight excluding hydrogens is 194 g/mol. The molecular formula is C11H19NO3. The van der Waals surface area contributed by atoms with E-state index in [9.17, 15) is 9.59 Å². The number of amides is 1. The lowest BCUT2D eigenvalue weighted by Gasteiger charge is -2.27. The van der Waals surface area contributed by atoms with Gasteiger partial charge in [0.25, 0.3) is 0 Å². The van der Waals surface area contributed by atoms with Gasteiger partial charge in [0.2, 0.25) is 5.91 Å². The molecule has 15 heavy (non-hydrogen) atoms. The summed E-state index contributed by atoms with van der Waals surface area (Å²) in [5.41, 5.74) is 0. The topological polar surface area (TPSA) is 46.6 Å². The van der Waals surface area contributed by atoms with Crippen molar-refractivity contribution in [2.24, 2.45) is 5.92 Å². The Morgan fingerprint density at radius 3 is 2.47 bits per heavy atom. The first-order valence-corrected chi connectivity index (χ1v) is 5.52. The van der Waals surface area contributed by atoms with Crippen LogP contribution in [0.5, 0.6) is 0 Å². The van der Waals surface area contributed by atoms with E-state index in [0.717, 1.165) is 12.8 Å². The minimum Gasteiger partial charge on any atom is -0.468 e. The number of ether oxygens (including phenoxy) is 1. The number of nitrogens with zero attached hydrogens (tertiary/aromatic N) is 1. The third kappa shape index (κ3) is 3.53. The van der Waals surface area contributed by atoms with Gasteiger partial charge >= 0.3 is 5.97 Å². The first-order valence-electron chi connectivity index (χ1n) is 5.52. The van der Waals surface area contributed by atoms with Crippen LogP contribution in [0.25, 0.3) is 0 Å². The summed E-state index contributed by atoms with van der Waals surface area (Å²) in [6.07, 6.45) is 4.13. The summed E-state index contributed by atoms with van der Waals surface area (Å²) >= 11 is 0. The molecule has 0 atom stereocenters. The van der Waals surface area contributed by atoms with Crippen LogP contribution in [0.3, 0.4) is 0 Å². The molecule has 1 fully saturated rings. The highest BCUT2D eigenvalue weighted by Gasteiger charge is 2.24. The Hall–Kier alpha value is -1.06. The molecule has 0 unspecified atom stereocenters. The van der Waals surface area contributed by atoms with Gasteiger partial charge in [0.05, 0.1) is 7.11 Å². The Balaban J connectivity index is 2.34. The molecule has 1 amide bonds. The maximum absolute atomic E-state index is 11.7. The Morgan fingerprint density at radius 1 is 1.40 bits per heavy atom. The Morgan fingerprint density at radius 2 is 2.07 bits per heavy atom. The predicted molar refractivity (Wildman–Crippen MR) is 56.2 cm³/mol. The number of carbonyl (C=O) groups excluding carboxylic acids is 2. The lowest BCUT2D eigenvalue weighted by Crippen LogP contribution is -2.37. The Kier molecular flexibility index (Phi) is 4.59. The summed E-state index contributed by atoms with van der Waals surface area (Å²) in [4.78, 5) is 24.3. The fourth-order valence-electron chi connectivity index (χ4n) is 1.67. The fraction of sp³-hybridized carbons (Fsp3) is 0.818. The predicted octanol–water partition coefficient (Wildman–Crippen LogP) is 1.20. The van der Waals surface area contributed by atoms with Crippen molar-refractivity contribution in [2.75, 3.05) is 20.2 Å². The molecule has 0 N–H and O–H groups in total. The van der Waals surface area contributed by atoms with Gasteiger partial charge in [-0.25, -0.2) is 0 Å². The average molecular weight is 213 g/mol. The van der Waals surface area contributed by atoms with Crippen LogP contribution in [-0.2, 0) is 14.3 Å². The molecule has 0 aromatic rings.